The zero-order valence-electron chi connectivity index (χ0n) is 16.6. The maximum atomic E-state index is 5.84. The van der Waals surface area contributed by atoms with Crippen LogP contribution in [0.2, 0.25) is 0 Å². The first kappa shape index (κ1) is 18.0. The van der Waals surface area contributed by atoms with Crippen LogP contribution in [-0.4, -0.2) is 0 Å². The highest BCUT2D eigenvalue weighted by atomic mass is 15.1. The number of nitrogens with zero attached hydrogens (tertiary/aromatic N) is 1. The Hall–Kier alpha value is -4.04. The molecule has 30 heavy (non-hydrogen) atoms. The summed E-state index contributed by atoms with van der Waals surface area (Å²) < 4.78 is 0. The maximum absolute atomic E-state index is 5.84. The fraction of sp³-hybridized carbons (Fsp3) is 0. The van der Waals surface area contributed by atoms with E-state index < -0.39 is 0 Å². The third kappa shape index (κ3) is 3.40. The normalized spacial score (nSPS) is 10.8. The van der Waals surface area contributed by atoms with Crippen molar-refractivity contribution in [3.63, 3.8) is 0 Å². The van der Waals surface area contributed by atoms with Crippen LogP contribution in [0, 0.1) is 0 Å². The molecule has 0 radical (unpaired) electrons. The molecule has 0 saturated carbocycles. The van der Waals surface area contributed by atoms with Gasteiger partial charge in [0, 0.05) is 22.4 Å². The molecule has 0 heterocycles. The van der Waals surface area contributed by atoms with Gasteiger partial charge < -0.3 is 10.6 Å². The summed E-state index contributed by atoms with van der Waals surface area (Å²) in [6, 6.07) is 42.2. The van der Waals surface area contributed by atoms with Gasteiger partial charge in [0.05, 0.1) is 5.69 Å². The van der Waals surface area contributed by atoms with Crippen molar-refractivity contribution in [2.75, 3.05) is 10.6 Å². The molecular weight excluding hydrogens is 364 g/mol. The molecule has 0 aromatic heterocycles. The van der Waals surface area contributed by atoms with E-state index in [1.807, 2.05) is 12.1 Å². The monoisotopic (exact) mass is 386 g/mol. The zero-order valence-corrected chi connectivity index (χ0v) is 16.6. The minimum atomic E-state index is 0.779. The lowest BCUT2D eigenvalue weighted by Crippen LogP contribution is -2.10. The predicted octanol–water partition coefficient (Wildman–Crippen LogP) is 7.56. The SMILES string of the molecule is Nc1ccc(-c2ccc(N(c3ccccc3)c3cccc4ccccc34)cc2)cc1. The first-order chi connectivity index (χ1) is 14.8. The molecule has 2 nitrogen and oxygen atoms in total. The van der Waals surface area contributed by atoms with Crippen LogP contribution in [0.3, 0.4) is 0 Å². The second-order valence-corrected chi connectivity index (χ2v) is 7.34. The summed E-state index contributed by atoms with van der Waals surface area (Å²) in [5.41, 5.74) is 12.4. The highest BCUT2D eigenvalue weighted by molar-refractivity contribution is 5.98. The van der Waals surface area contributed by atoms with Crippen LogP contribution in [0.4, 0.5) is 22.7 Å². The van der Waals surface area contributed by atoms with Crippen LogP contribution in [0.25, 0.3) is 21.9 Å². The summed E-state index contributed by atoms with van der Waals surface area (Å²) in [5.74, 6) is 0. The number of benzene rings is 5. The Labute approximate surface area is 176 Å². The molecule has 0 fully saturated rings. The Bertz CT molecular complexity index is 1270. The van der Waals surface area contributed by atoms with Gasteiger partial charge in [0.15, 0.2) is 0 Å². The number of anilines is 4. The van der Waals surface area contributed by atoms with Crippen LogP contribution in [-0.2, 0) is 0 Å². The lowest BCUT2D eigenvalue weighted by Gasteiger charge is -2.27. The van der Waals surface area contributed by atoms with E-state index in [1.165, 1.54) is 22.0 Å². The molecule has 0 amide bonds. The Balaban J connectivity index is 1.63. The van der Waals surface area contributed by atoms with E-state index in [2.05, 4.69) is 114 Å². The van der Waals surface area contributed by atoms with E-state index in [0.717, 1.165) is 22.6 Å². The van der Waals surface area contributed by atoms with Gasteiger partial charge in [-0.15, -0.1) is 0 Å². The first-order valence-corrected chi connectivity index (χ1v) is 10.1. The fourth-order valence-corrected chi connectivity index (χ4v) is 3.89. The van der Waals surface area contributed by atoms with Crippen LogP contribution >= 0.6 is 0 Å². The van der Waals surface area contributed by atoms with E-state index >= 15 is 0 Å². The van der Waals surface area contributed by atoms with Crippen molar-refractivity contribution in [3.05, 3.63) is 121 Å². The van der Waals surface area contributed by atoms with E-state index in [-0.39, 0.29) is 0 Å². The molecule has 2 N–H and O–H groups in total. The number of hydrogen-bond donors (Lipinski definition) is 1. The molecule has 0 aliphatic heterocycles. The number of rotatable bonds is 4. The van der Waals surface area contributed by atoms with Crippen molar-refractivity contribution >= 4 is 33.5 Å². The molecule has 144 valence electrons. The van der Waals surface area contributed by atoms with E-state index in [0.29, 0.717) is 0 Å². The van der Waals surface area contributed by atoms with Gasteiger partial charge in [-0.1, -0.05) is 78.9 Å². The Morgan fingerprint density at radius 2 is 1.03 bits per heavy atom. The molecule has 5 aromatic carbocycles. The largest absolute Gasteiger partial charge is 0.399 e. The molecule has 0 atom stereocenters. The quantitative estimate of drug-likeness (QED) is 0.323. The summed E-state index contributed by atoms with van der Waals surface area (Å²) in [4.78, 5) is 2.31. The topological polar surface area (TPSA) is 29.3 Å². The minimum Gasteiger partial charge on any atom is -0.399 e. The van der Waals surface area contributed by atoms with Gasteiger partial charge in [0.25, 0.3) is 0 Å². The summed E-state index contributed by atoms with van der Waals surface area (Å²) in [7, 11) is 0. The van der Waals surface area contributed by atoms with Gasteiger partial charge in [-0.2, -0.15) is 0 Å². The summed E-state index contributed by atoms with van der Waals surface area (Å²) in [6.45, 7) is 0. The molecule has 0 unspecified atom stereocenters. The van der Waals surface area contributed by atoms with Crippen LogP contribution in [0.5, 0.6) is 0 Å². The van der Waals surface area contributed by atoms with Gasteiger partial charge in [0.1, 0.15) is 0 Å². The molecule has 0 spiro atoms. The number of para-hydroxylation sites is 1. The molecule has 0 saturated heterocycles. The second-order valence-electron chi connectivity index (χ2n) is 7.34. The fourth-order valence-electron chi connectivity index (χ4n) is 3.89. The molecule has 0 aliphatic carbocycles. The van der Waals surface area contributed by atoms with Gasteiger partial charge in [0.2, 0.25) is 0 Å². The van der Waals surface area contributed by atoms with Crippen molar-refractivity contribution in [2.45, 2.75) is 0 Å². The van der Waals surface area contributed by atoms with Gasteiger partial charge >= 0.3 is 0 Å². The average molecular weight is 386 g/mol. The van der Waals surface area contributed by atoms with Crippen LogP contribution in [0.1, 0.15) is 0 Å². The maximum Gasteiger partial charge on any atom is 0.0540 e. The van der Waals surface area contributed by atoms with Crippen LogP contribution < -0.4 is 10.6 Å². The van der Waals surface area contributed by atoms with Gasteiger partial charge in [-0.25, -0.2) is 0 Å². The van der Waals surface area contributed by atoms with Crippen molar-refractivity contribution in [2.24, 2.45) is 0 Å². The van der Waals surface area contributed by atoms with Crippen LogP contribution in [0.15, 0.2) is 121 Å². The third-order valence-corrected chi connectivity index (χ3v) is 5.39. The number of fused-ring (bicyclic) bond motifs is 1. The van der Waals surface area contributed by atoms with E-state index in [9.17, 15) is 0 Å². The highest BCUT2D eigenvalue weighted by Gasteiger charge is 2.14. The van der Waals surface area contributed by atoms with Crippen molar-refractivity contribution in [3.8, 4) is 11.1 Å². The van der Waals surface area contributed by atoms with Gasteiger partial charge in [-0.3, -0.25) is 0 Å². The highest BCUT2D eigenvalue weighted by Crippen LogP contribution is 2.39. The average Bonchev–Trinajstić information content (AvgIpc) is 2.81. The molecular formula is C28H22N2. The predicted molar refractivity (Wildman–Crippen MR) is 128 cm³/mol. The summed E-state index contributed by atoms with van der Waals surface area (Å²) in [5, 5.41) is 2.46. The lowest BCUT2D eigenvalue weighted by molar-refractivity contribution is 1.30. The van der Waals surface area contributed by atoms with Crippen molar-refractivity contribution in [1.29, 1.82) is 0 Å². The molecule has 0 aliphatic rings. The number of hydrogen-bond acceptors (Lipinski definition) is 2. The molecule has 0 bridgehead atoms. The van der Waals surface area contributed by atoms with Gasteiger partial charge in [-0.05, 0) is 59.0 Å². The molecule has 5 rings (SSSR count). The minimum absolute atomic E-state index is 0.779. The third-order valence-electron chi connectivity index (χ3n) is 5.39. The molecule has 5 aromatic rings. The first-order valence-electron chi connectivity index (χ1n) is 10.1. The standard InChI is InChI=1S/C28H22N2/c29-24-17-13-21(14-18-24)22-15-19-26(20-16-22)30(25-9-2-1-3-10-25)28-12-6-8-23-7-4-5-11-27(23)28/h1-20H,29H2. The Morgan fingerprint density at radius 3 is 1.77 bits per heavy atom. The zero-order chi connectivity index (χ0) is 20.3. The van der Waals surface area contributed by atoms with E-state index in [4.69, 9.17) is 5.73 Å². The Kier molecular flexibility index (Phi) is 4.66. The molecule has 2 heteroatoms. The Morgan fingerprint density at radius 1 is 0.467 bits per heavy atom. The number of nitrogen functional groups attached to an aromatic ring is 1. The second kappa shape index (κ2) is 7.76. The van der Waals surface area contributed by atoms with Crippen molar-refractivity contribution in [1.82, 2.24) is 0 Å². The lowest BCUT2D eigenvalue weighted by atomic mass is 10.0. The summed E-state index contributed by atoms with van der Waals surface area (Å²) in [6.07, 6.45) is 0. The van der Waals surface area contributed by atoms with E-state index in [1.54, 1.807) is 0 Å². The summed E-state index contributed by atoms with van der Waals surface area (Å²) >= 11 is 0. The number of nitrogens with two attached hydrogens (primary N) is 1. The van der Waals surface area contributed by atoms with Crippen molar-refractivity contribution < 1.29 is 0 Å². The smallest absolute Gasteiger partial charge is 0.0540 e.